The van der Waals surface area contributed by atoms with Crippen LogP contribution in [0.2, 0.25) is 5.02 Å². The Morgan fingerprint density at radius 3 is 2.25 bits per heavy atom. The number of primary sulfonamides is 1. The Labute approximate surface area is 147 Å². The second-order valence-corrected chi connectivity index (χ2v) is 9.46. The van der Waals surface area contributed by atoms with Crippen molar-refractivity contribution in [2.75, 3.05) is 4.72 Å². The highest BCUT2D eigenvalue weighted by molar-refractivity contribution is 7.93. The summed E-state index contributed by atoms with van der Waals surface area (Å²) in [5.41, 5.74) is 0.459. The fourth-order valence-electron chi connectivity index (χ4n) is 1.91. The molecule has 3 N–H and O–H groups in total. The van der Waals surface area contributed by atoms with E-state index in [9.17, 15) is 16.8 Å². The molecule has 0 fully saturated rings. The zero-order valence-corrected chi connectivity index (χ0v) is 15.0. The Hall–Kier alpha value is -1.72. The van der Waals surface area contributed by atoms with E-state index in [1.165, 1.54) is 42.5 Å². The van der Waals surface area contributed by atoms with Crippen molar-refractivity contribution in [2.45, 2.75) is 9.79 Å². The van der Waals surface area contributed by atoms with E-state index in [2.05, 4.69) is 9.71 Å². The Morgan fingerprint density at radius 1 is 1.00 bits per heavy atom. The van der Waals surface area contributed by atoms with Crippen LogP contribution in [0.3, 0.4) is 0 Å². The van der Waals surface area contributed by atoms with Gasteiger partial charge in [-0.3, -0.25) is 4.72 Å². The van der Waals surface area contributed by atoms with Gasteiger partial charge in [-0.05, 0) is 42.5 Å². The number of sulfonamides is 2. The molecule has 0 atom stereocenters. The van der Waals surface area contributed by atoms with Crippen molar-refractivity contribution in [3.8, 4) is 0 Å². The Morgan fingerprint density at radius 2 is 1.62 bits per heavy atom. The van der Waals surface area contributed by atoms with Crippen molar-refractivity contribution in [1.82, 2.24) is 4.98 Å². The minimum Gasteiger partial charge on any atom is -0.255 e. The van der Waals surface area contributed by atoms with E-state index in [4.69, 9.17) is 16.7 Å². The molecule has 0 radical (unpaired) electrons. The van der Waals surface area contributed by atoms with Crippen molar-refractivity contribution >= 4 is 58.3 Å². The van der Waals surface area contributed by atoms with Crippen LogP contribution in [0, 0.1) is 0 Å². The number of benzene rings is 2. The van der Waals surface area contributed by atoms with Crippen LogP contribution in [0.4, 0.5) is 5.13 Å². The van der Waals surface area contributed by atoms with Crippen molar-refractivity contribution in [3.63, 3.8) is 0 Å². The van der Waals surface area contributed by atoms with Gasteiger partial charge in [-0.15, -0.1) is 0 Å². The second kappa shape index (κ2) is 5.97. The first-order valence-electron chi connectivity index (χ1n) is 6.37. The number of hydrogen-bond acceptors (Lipinski definition) is 6. The SMILES string of the molecule is NS(=O)(=O)c1ccc2nc(NS(=O)(=O)c3ccc(Cl)cc3)sc2c1. The Kier molecular flexibility index (Phi) is 4.26. The summed E-state index contributed by atoms with van der Waals surface area (Å²) in [5, 5.41) is 5.62. The Bertz CT molecular complexity index is 1120. The van der Waals surface area contributed by atoms with Gasteiger partial charge in [-0.2, -0.15) is 0 Å². The van der Waals surface area contributed by atoms with Crippen molar-refractivity contribution in [2.24, 2.45) is 5.14 Å². The lowest BCUT2D eigenvalue weighted by molar-refractivity contribution is 0.597. The van der Waals surface area contributed by atoms with E-state index in [1.807, 2.05) is 0 Å². The monoisotopic (exact) mass is 403 g/mol. The number of aromatic nitrogens is 1. The standard InChI is InChI=1S/C13H10ClN3O4S3/c14-8-1-3-9(4-2-8)24(20,21)17-13-16-11-6-5-10(23(15,18)19)7-12(11)22-13/h1-7H,(H,16,17)(H2,15,18,19). The third kappa shape index (κ3) is 3.52. The molecule has 0 amide bonds. The number of halogens is 1. The fraction of sp³-hybridized carbons (Fsp3) is 0. The largest absolute Gasteiger partial charge is 0.263 e. The average Bonchev–Trinajstić information content (AvgIpc) is 2.87. The molecule has 126 valence electrons. The van der Waals surface area contributed by atoms with E-state index in [1.54, 1.807) is 0 Å². The highest BCUT2D eigenvalue weighted by Gasteiger charge is 2.17. The van der Waals surface area contributed by atoms with E-state index in [0.29, 0.717) is 15.2 Å². The molecule has 0 saturated carbocycles. The number of fused-ring (bicyclic) bond motifs is 1. The topological polar surface area (TPSA) is 119 Å². The van der Waals surface area contributed by atoms with Crippen LogP contribution >= 0.6 is 22.9 Å². The molecule has 2 aromatic carbocycles. The fourth-order valence-corrected chi connectivity index (χ4v) is 4.79. The smallest absolute Gasteiger partial charge is 0.255 e. The predicted molar refractivity (Wildman–Crippen MR) is 93.3 cm³/mol. The van der Waals surface area contributed by atoms with Gasteiger partial charge in [0.2, 0.25) is 10.0 Å². The molecular formula is C13H10ClN3O4S3. The third-order valence-electron chi connectivity index (χ3n) is 3.03. The van der Waals surface area contributed by atoms with Crippen LogP contribution in [0.15, 0.2) is 52.3 Å². The molecule has 0 aliphatic rings. The van der Waals surface area contributed by atoms with Crippen LogP contribution in [0.25, 0.3) is 10.2 Å². The van der Waals surface area contributed by atoms with Gasteiger partial charge in [-0.1, -0.05) is 22.9 Å². The number of nitrogens with two attached hydrogens (primary N) is 1. The minimum absolute atomic E-state index is 0.0383. The van der Waals surface area contributed by atoms with Crippen molar-refractivity contribution in [3.05, 3.63) is 47.5 Å². The molecule has 24 heavy (non-hydrogen) atoms. The van der Waals surface area contributed by atoms with E-state index < -0.39 is 20.0 Å². The second-order valence-electron chi connectivity index (χ2n) is 4.75. The number of rotatable bonds is 4. The summed E-state index contributed by atoms with van der Waals surface area (Å²) in [6, 6.07) is 9.80. The number of nitrogens with one attached hydrogen (secondary N) is 1. The molecule has 7 nitrogen and oxygen atoms in total. The van der Waals surface area contributed by atoms with Crippen LogP contribution in [0.1, 0.15) is 0 Å². The number of nitrogens with zero attached hydrogens (tertiary/aromatic N) is 1. The van der Waals surface area contributed by atoms with Crippen LogP contribution in [0.5, 0.6) is 0 Å². The maximum atomic E-state index is 12.3. The molecule has 0 spiro atoms. The highest BCUT2D eigenvalue weighted by atomic mass is 35.5. The lowest BCUT2D eigenvalue weighted by atomic mass is 10.3. The number of anilines is 1. The van der Waals surface area contributed by atoms with Gasteiger partial charge < -0.3 is 0 Å². The van der Waals surface area contributed by atoms with E-state index in [-0.39, 0.29) is 14.9 Å². The number of thiazole rings is 1. The molecule has 3 aromatic rings. The summed E-state index contributed by atoms with van der Waals surface area (Å²) in [4.78, 5) is 4.10. The molecule has 1 aromatic heterocycles. The summed E-state index contributed by atoms with van der Waals surface area (Å²) in [6.45, 7) is 0. The minimum atomic E-state index is -3.84. The van der Waals surface area contributed by atoms with Crippen LogP contribution < -0.4 is 9.86 Å². The van der Waals surface area contributed by atoms with Gasteiger partial charge in [-0.25, -0.2) is 27.0 Å². The van der Waals surface area contributed by atoms with E-state index >= 15 is 0 Å². The molecule has 0 bridgehead atoms. The van der Waals surface area contributed by atoms with Gasteiger partial charge >= 0.3 is 0 Å². The van der Waals surface area contributed by atoms with Crippen molar-refractivity contribution < 1.29 is 16.8 Å². The molecule has 3 rings (SSSR count). The first kappa shape index (κ1) is 17.1. The highest BCUT2D eigenvalue weighted by Crippen LogP contribution is 2.29. The van der Waals surface area contributed by atoms with Gasteiger partial charge in [0, 0.05) is 5.02 Å². The predicted octanol–water partition coefficient (Wildman–Crippen LogP) is 2.40. The van der Waals surface area contributed by atoms with Gasteiger partial charge in [0.05, 0.1) is 20.0 Å². The summed E-state index contributed by atoms with van der Waals surface area (Å²) in [5.74, 6) is 0. The van der Waals surface area contributed by atoms with Crippen molar-refractivity contribution in [1.29, 1.82) is 0 Å². The molecule has 1 heterocycles. The quantitative estimate of drug-likeness (QED) is 0.693. The molecule has 0 aliphatic carbocycles. The first-order chi connectivity index (χ1) is 11.1. The van der Waals surface area contributed by atoms with Crippen LogP contribution in [-0.2, 0) is 20.0 Å². The molecular weight excluding hydrogens is 394 g/mol. The maximum Gasteiger partial charge on any atom is 0.263 e. The zero-order chi connectivity index (χ0) is 17.5. The summed E-state index contributed by atoms with van der Waals surface area (Å²) in [7, 11) is -7.66. The maximum absolute atomic E-state index is 12.3. The zero-order valence-electron chi connectivity index (χ0n) is 11.8. The molecule has 0 aliphatic heterocycles. The molecule has 11 heteroatoms. The number of hydrogen-bond donors (Lipinski definition) is 2. The van der Waals surface area contributed by atoms with Crippen LogP contribution in [-0.4, -0.2) is 21.8 Å². The van der Waals surface area contributed by atoms with Gasteiger partial charge in [0.25, 0.3) is 10.0 Å². The average molecular weight is 404 g/mol. The third-order valence-corrected chi connectivity index (χ3v) is 6.61. The summed E-state index contributed by atoms with van der Waals surface area (Å²) in [6.07, 6.45) is 0. The molecule has 0 saturated heterocycles. The van der Waals surface area contributed by atoms with Gasteiger partial charge in [0.1, 0.15) is 0 Å². The normalized spacial score (nSPS) is 12.4. The lowest BCUT2D eigenvalue weighted by Gasteiger charge is -2.04. The molecule has 0 unspecified atom stereocenters. The lowest BCUT2D eigenvalue weighted by Crippen LogP contribution is -2.12. The Balaban J connectivity index is 1.97. The summed E-state index contributed by atoms with van der Waals surface area (Å²) >= 11 is 6.75. The van der Waals surface area contributed by atoms with E-state index in [0.717, 1.165) is 11.3 Å². The van der Waals surface area contributed by atoms with Gasteiger partial charge in [0.15, 0.2) is 5.13 Å². The first-order valence-corrected chi connectivity index (χ1v) is 10.6. The summed E-state index contributed by atoms with van der Waals surface area (Å²) < 4.78 is 50.2.